The topological polar surface area (TPSA) is 72.9 Å². The highest BCUT2D eigenvalue weighted by Gasteiger charge is 2.32. The number of fused-ring (bicyclic) bond motifs is 8. The van der Waals surface area contributed by atoms with Crippen molar-refractivity contribution in [3.8, 4) is 44.5 Å². The van der Waals surface area contributed by atoms with E-state index in [1.54, 1.807) is 0 Å². The quantitative estimate of drug-likeness (QED) is 0.172. The van der Waals surface area contributed by atoms with Gasteiger partial charge in [0.2, 0.25) is 0 Å². The van der Waals surface area contributed by atoms with Gasteiger partial charge in [0, 0.05) is 46.5 Å². The number of aryl methyl sites for hydroxylation is 4. The Balaban J connectivity index is 1.64. The minimum atomic E-state index is 0.741. The standard InChI is InChI=1S/C44H30Br8N8/c1-57-13-5-9-21(17-57)25-37-29(45)31(47)39(53-37)26(22-10-6-14-58(2)18-22)41-33(49)35(51)43(55-41)28(24-12-8-16-60(4)20-24)44-36(52)34(50)42(56-44)27(23-11-7-15-59(3)19-23)40-32(48)30(46)38(25)54-40/h5-20,53,56H,1-4H3/q+4. The number of nitrogens with zero attached hydrogens (tertiary/aromatic N) is 6. The van der Waals surface area contributed by atoms with Crippen molar-refractivity contribution < 1.29 is 18.3 Å². The van der Waals surface area contributed by atoms with E-state index in [9.17, 15) is 0 Å². The molecule has 16 heteroatoms. The van der Waals surface area contributed by atoms with Crippen LogP contribution < -0.4 is 18.3 Å². The zero-order valence-electron chi connectivity index (χ0n) is 31.9. The highest BCUT2D eigenvalue weighted by atomic mass is 79.9. The van der Waals surface area contributed by atoms with Gasteiger partial charge in [0.25, 0.3) is 0 Å². The predicted molar refractivity (Wildman–Crippen MR) is 268 cm³/mol. The Morgan fingerprint density at radius 1 is 0.367 bits per heavy atom. The van der Waals surface area contributed by atoms with Gasteiger partial charge in [-0.3, -0.25) is 0 Å². The lowest BCUT2D eigenvalue weighted by molar-refractivity contribution is -0.671. The molecule has 0 atom stereocenters. The summed E-state index contributed by atoms with van der Waals surface area (Å²) in [6.45, 7) is 0. The van der Waals surface area contributed by atoms with Crippen molar-refractivity contribution in [2.45, 2.75) is 0 Å². The van der Waals surface area contributed by atoms with Crippen LogP contribution in [0.25, 0.3) is 84.5 Å². The SMILES string of the molecule is C[n+]1cccc(-c2c3nc(c(-c4ccc[n+](C)c4)c4[nH]c(c(Br)c4Br)c(-c4ccc[n+](C)c4)c4nc(c(-c5ccc[n+](C)c5)c5[nH]c2c(Br)c5Br)C(Br)=C4Br)C(Br)=C3Br)c1. The first-order chi connectivity index (χ1) is 28.7. The molecule has 0 saturated carbocycles. The molecular weight excluding hydrogens is 1280 g/mol. The molecule has 7 aromatic heterocycles. The van der Waals surface area contributed by atoms with Crippen molar-refractivity contribution in [1.82, 2.24) is 19.9 Å². The van der Waals surface area contributed by atoms with Gasteiger partial charge in [-0.25, -0.2) is 28.2 Å². The van der Waals surface area contributed by atoms with E-state index in [0.29, 0.717) is 0 Å². The average Bonchev–Trinajstić information content (AvgIpc) is 3.87. The van der Waals surface area contributed by atoms with Gasteiger partial charge < -0.3 is 9.97 Å². The molecule has 8 nitrogen and oxygen atoms in total. The smallest absolute Gasteiger partial charge is 0.176 e. The Kier molecular flexibility index (Phi) is 11.7. The number of H-pyrrole nitrogens is 2. The van der Waals surface area contributed by atoms with Gasteiger partial charge in [0.05, 0.1) is 103 Å². The zero-order valence-corrected chi connectivity index (χ0v) is 44.6. The van der Waals surface area contributed by atoms with Crippen LogP contribution >= 0.6 is 127 Å². The minimum absolute atomic E-state index is 0.741. The van der Waals surface area contributed by atoms with Gasteiger partial charge in [0.15, 0.2) is 49.6 Å². The highest BCUT2D eigenvalue weighted by molar-refractivity contribution is 9.18. The molecule has 60 heavy (non-hydrogen) atoms. The Hall–Kier alpha value is -2.96. The molecule has 298 valence electrons. The van der Waals surface area contributed by atoms with E-state index in [1.807, 2.05) is 95.5 Å². The third-order valence-electron chi connectivity index (χ3n) is 10.3. The van der Waals surface area contributed by atoms with E-state index in [4.69, 9.17) is 9.97 Å². The zero-order chi connectivity index (χ0) is 42.3. The van der Waals surface area contributed by atoms with Crippen molar-refractivity contribution in [3.63, 3.8) is 0 Å². The van der Waals surface area contributed by atoms with Gasteiger partial charge in [-0.2, -0.15) is 0 Å². The van der Waals surface area contributed by atoms with Crippen LogP contribution in [-0.4, -0.2) is 19.9 Å². The second-order valence-electron chi connectivity index (χ2n) is 14.4. The Morgan fingerprint density at radius 3 is 0.783 bits per heavy atom. The van der Waals surface area contributed by atoms with Crippen molar-refractivity contribution in [1.29, 1.82) is 0 Å². The summed E-state index contributed by atoms with van der Waals surface area (Å²) < 4.78 is 14.7. The molecule has 0 aliphatic carbocycles. The van der Waals surface area contributed by atoms with Gasteiger partial charge >= 0.3 is 0 Å². The van der Waals surface area contributed by atoms with Crippen LogP contribution in [0.15, 0.2) is 116 Å². The summed E-state index contributed by atoms with van der Waals surface area (Å²) in [6.07, 6.45) is 16.5. The number of pyridine rings is 4. The van der Waals surface area contributed by atoms with Crippen molar-refractivity contribution in [2.24, 2.45) is 28.2 Å². The summed E-state index contributed by atoms with van der Waals surface area (Å²) in [5.41, 5.74) is 13.6. The fraction of sp³-hybridized carbons (Fsp3) is 0.0909. The summed E-state index contributed by atoms with van der Waals surface area (Å²) in [4.78, 5) is 19.0. The van der Waals surface area contributed by atoms with Crippen LogP contribution in [0.1, 0.15) is 22.8 Å². The molecule has 0 radical (unpaired) electrons. The normalized spacial score (nSPS) is 12.9. The largest absolute Gasteiger partial charge is 0.352 e. The Bertz CT molecular complexity index is 2840. The second kappa shape index (κ2) is 16.6. The van der Waals surface area contributed by atoms with E-state index in [0.717, 1.165) is 125 Å². The van der Waals surface area contributed by atoms with Crippen molar-refractivity contribution in [2.75, 3.05) is 0 Å². The lowest BCUT2D eigenvalue weighted by atomic mass is 10.1. The second-order valence-corrected chi connectivity index (χ2v) is 20.8. The first-order valence-corrected chi connectivity index (χ1v) is 24.6. The molecule has 0 unspecified atom stereocenters. The maximum absolute atomic E-state index is 5.59. The maximum Gasteiger partial charge on any atom is 0.176 e. The number of hydrogen-bond donors (Lipinski definition) is 2. The van der Waals surface area contributed by atoms with E-state index >= 15 is 0 Å². The summed E-state index contributed by atoms with van der Waals surface area (Å²) in [5, 5.41) is 0. The van der Waals surface area contributed by atoms with Crippen LogP contribution in [0.3, 0.4) is 0 Å². The molecule has 0 amide bonds. The van der Waals surface area contributed by atoms with E-state index in [2.05, 4.69) is 186 Å². The molecule has 2 aliphatic heterocycles. The van der Waals surface area contributed by atoms with Gasteiger partial charge in [-0.1, -0.05) is 0 Å². The van der Waals surface area contributed by atoms with Crippen LogP contribution in [0.2, 0.25) is 0 Å². The summed E-state index contributed by atoms with van der Waals surface area (Å²) in [5.74, 6) is 0. The summed E-state index contributed by atoms with van der Waals surface area (Å²) in [6, 6.07) is 16.6. The first-order valence-electron chi connectivity index (χ1n) is 18.2. The van der Waals surface area contributed by atoms with Crippen LogP contribution in [0.4, 0.5) is 0 Å². The number of aromatic nitrogens is 8. The lowest BCUT2D eigenvalue weighted by Gasteiger charge is -2.06. The molecule has 0 saturated heterocycles. The number of nitrogens with one attached hydrogen (secondary N) is 2. The molecule has 0 spiro atoms. The fourth-order valence-electron chi connectivity index (χ4n) is 7.64. The molecule has 8 bridgehead atoms. The fourth-order valence-corrected chi connectivity index (χ4v) is 11.5. The molecule has 0 aromatic carbocycles. The van der Waals surface area contributed by atoms with Gasteiger partial charge in [-0.05, 0) is 152 Å². The molecule has 2 aliphatic rings. The maximum atomic E-state index is 5.59. The number of aromatic amines is 2. The number of rotatable bonds is 4. The van der Waals surface area contributed by atoms with Crippen LogP contribution in [0, 0.1) is 0 Å². The Morgan fingerprint density at radius 2 is 0.583 bits per heavy atom. The summed E-state index contributed by atoms with van der Waals surface area (Å²) in [7, 11) is 8.09. The molecule has 2 N–H and O–H groups in total. The molecule has 9 heterocycles. The Labute approximate surface area is 412 Å². The van der Waals surface area contributed by atoms with Gasteiger partial charge in [0.1, 0.15) is 28.2 Å². The van der Waals surface area contributed by atoms with Crippen molar-refractivity contribution >= 4 is 167 Å². The monoisotopic (exact) mass is 1300 g/mol. The van der Waals surface area contributed by atoms with Crippen molar-refractivity contribution in [3.05, 3.63) is 139 Å². The first kappa shape index (κ1) is 42.3. The van der Waals surface area contributed by atoms with E-state index in [-0.39, 0.29) is 0 Å². The lowest BCUT2D eigenvalue weighted by Crippen LogP contribution is -2.26. The van der Waals surface area contributed by atoms with Crippen LogP contribution in [-0.2, 0) is 28.2 Å². The summed E-state index contributed by atoms with van der Waals surface area (Å²) >= 11 is 32.4. The van der Waals surface area contributed by atoms with E-state index < -0.39 is 0 Å². The molecule has 7 aromatic rings. The van der Waals surface area contributed by atoms with E-state index in [1.165, 1.54) is 0 Å². The van der Waals surface area contributed by atoms with Gasteiger partial charge in [-0.15, -0.1) is 0 Å². The molecule has 0 fully saturated rings. The third kappa shape index (κ3) is 7.24. The molecular formula is C44H30Br8N8+4. The molecule has 9 rings (SSSR count). The van der Waals surface area contributed by atoms with Crippen LogP contribution in [0.5, 0.6) is 0 Å². The predicted octanol–water partition coefficient (Wildman–Crippen LogP) is 12.6. The highest BCUT2D eigenvalue weighted by Crippen LogP contribution is 2.52. The minimum Gasteiger partial charge on any atom is -0.352 e. The number of halogens is 8. The third-order valence-corrected chi connectivity index (χ3v) is 18.7. The number of hydrogen-bond acceptors (Lipinski definition) is 2. The average molecular weight is 1310 g/mol.